The number of carbonyl (C=O) groups is 2. The van der Waals surface area contributed by atoms with Gasteiger partial charge < -0.3 is 15.7 Å². The Morgan fingerprint density at radius 1 is 1.15 bits per heavy atom. The molecule has 7 heteroatoms. The number of H-pyrrole nitrogens is 1. The van der Waals surface area contributed by atoms with E-state index in [-0.39, 0.29) is 11.3 Å². The lowest BCUT2D eigenvalue weighted by atomic mass is 9.77. The molecule has 2 aliphatic rings. The van der Waals surface area contributed by atoms with Crippen LogP contribution in [-0.2, 0) is 23.2 Å². The molecule has 7 nitrogen and oxygen atoms in total. The molecule has 1 aromatic heterocycles. The van der Waals surface area contributed by atoms with Crippen LogP contribution in [0.15, 0.2) is 54.7 Å². The van der Waals surface area contributed by atoms with Gasteiger partial charge >= 0.3 is 0 Å². The third-order valence-corrected chi connectivity index (χ3v) is 6.62. The van der Waals surface area contributed by atoms with E-state index in [2.05, 4.69) is 28.4 Å². The molecule has 1 aliphatic heterocycles. The molecule has 1 fully saturated rings. The molecule has 4 N–H and O–H groups in total. The summed E-state index contributed by atoms with van der Waals surface area (Å²) in [7, 11) is 0. The second kappa shape index (κ2) is 9.58. The molecule has 2 aromatic carbocycles. The number of aromatic nitrogens is 2. The zero-order valence-corrected chi connectivity index (χ0v) is 18.9. The number of hydrogen-bond donors (Lipinski definition) is 3. The summed E-state index contributed by atoms with van der Waals surface area (Å²) >= 11 is 0. The Hall–Kier alpha value is -3.45. The molecular formula is C26H30N4O3. The smallest absolute Gasteiger partial charge is 0.300 e. The van der Waals surface area contributed by atoms with Gasteiger partial charge in [-0.25, -0.2) is 0 Å². The summed E-state index contributed by atoms with van der Waals surface area (Å²) in [5, 5.41) is 14.9. The minimum atomic E-state index is -0.833. The van der Waals surface area contributed by atoms with Crippen LogP contribution in [0, 0.1) is 0 Å². The molecule has 0 bridgehead atoms. The SMILES string of the molecule is CC(=O)O.NCc1ccc(-c2cccc(C(=O)N3CCCC4(CCc5cn[nH]c54)C3)c2)cc1. The first-order chi connectivity index (χ1) is 15.9. The van der Waals surface area contributed by atoms with Crippen LogP contribution in [0.5, 0.6) is 0 Å². The summed E-state index contributed by atoms with van der Waals surface area (Å²) in [5.74, 6) is -0.711. The highest BCUT2D eigenvalue weighted by atomic mass is 16.4. The average Bonchev–Trinajstić information content (AvgIpc) is 3.43. The van der Waals surface area contributed by atoms with E-state index in [0.717, 1.165) is 68.0 Å². The Labute approximate surface area is 193 Å². The number of carbonyl (C=O) groups excluding carboxylic acids is 1. The van der Waals surface area contributed by atoms with Crippen molar-refractivity contribution in [2.45, 2.75) is 44.6 Å². The molecule has 1 aliphatic carbocycles. The van der Waals surface area contributed by atoms with Crippen LogP contribution in [-0.4, -0.2) is 45.2 Å². The minimum absolute atomic E-state index is 0.0510. The highest BCUT2D eigenvalue weighted by Crippen LogP contribution is 2.44. The van der Waals surface area contributed by atoms with Crippen molar-refractivity contribution in [3.05, 3.63) is 77.1 Å². The van der Waals surface area contributed by atoms with E-state index < -0.39 is 5.97 Å². The number of aromatic amines is 1. The number of carboxylic acid groups (broad SMARTS) is 1. The monoisotopic (exact) mass is 446 g/mol. The summed E-state index contributed by atoms with van der Waals surface area (Å²) in [5.41, 5.74) is 12.3. The largest absolute Gasteiger partial charge is 0.481 e. The number of rotatable bonds is 3. The first kappa shape index (κ1) is 22.7. The topological polar surface area (TPSA) is 112 Å². The van der Waals surface area contributed by atoms with Gasteiger partial charge in [0.1, 0.15) is 0 Å². The Balaban J connectivity index is 0.000000601. The van der Waals surface area contributed by atoms with Crippen molar-refractivity contribution in [3.8, 4) is 11.1 Å². The minimum Gasteiger partial charge on any atom is -0.481 e. The van der Waals surface area contributed by atoms with Gasteiger partial charge in [-0.1, -0.05) is 36.4 Å². The molecule has 33 heavy (non-hydrogen) atoms. The number of nitrogens with one attached hydrogen (secondary N) is 1. The summed E-state index contributed by atoms with van der Waals surface area (Å²) < 4.78 is 0. The maximum atomic E-state index is 13.4. The fourth-order valence-corrected chi connectivity index (χ4v) is 5.02. The highest BCUT2D eigenvalue weighted by Gasteiger charge is 2.44. The molecule has 1 atom stereocenters. The van der Waals surface area contributed by atoms with E-state index in [4.69, 9.17) is 15.6 Å². The standard InChI is InChI=1S/C24H26N4O.C2H4O2/c25-14-17-5-7-18(8-6-17)19-3-1-4-20(13-19)23(29)28-12-2-10-24(16-28)11-9-21-15-26-27-22(21)24;1-2(3)4/h1,3-8,13,15H,2,9-12,14,16,25H2,(H,26,27);1H3,(H,3,4). The number of hydrogen-bond acceptors (Lipinski definition) is 4. The van der Waals surface area contributed by atoms with Crippen molar-refractivity contribution in [3.63, 3.8) is 0 Å². The quantitative estimate of drug-likeness (QED) is 0.567. The maximum Gasteiger partial charge on any atom is 0.300 e. The van der Waals surface area contributed by atoms with Crippen molar-refractivity contribution in [1.82, 2.24) is 15.1 Å². The number of piperidine rings is 1. The van der Waals surface area contributed by atoms with E-state index >= 15 is 0 Å². The van der Waals surface area contributed by atoms with Gasteiger partial charge in [-0.2, -0.15) is 5.10 Å². The predicted octanol–water partition coefficient (Wildman–Crippen LogP) is 3.75. The van der Waals surface area contributed by atoms with Gasteiger partial charge in [0.15, 0.2) is 0 Å². The Kier molecular flexibility index (Phi) is 6.60. The molecule has 172 valence electrons. The van der Waals surface area contributed by atoms with Gasteiger partial charge in [-0.05, 0) is 60.1 Å². The molecule has 3 aromatic rings. The van der Waals surface area contributed by atoms with Gasteiger partial charge in [0.25, 0.3) is 11.9 Å². The molecule has 5 rings (SSSR count). The summed E-state index contributed by atoms with van der Waals surface area (Å²) in [6, 6.07) is 16.2. The first-order valence-electron chi connectivity index (χ1n) is 11.3. The van der Waals surface area contributed by atoms with Crippen LogP contribution < -0.4 is 5.73 Å². The lowest BCUT2D eigenvalue weighted by Gasteiger charge is -2.40. The highest BCUT2D eigenvalue weighted by molar-refractivity contribution is 5.95. The van der Waals surface area contributed by atoms with Crippen LogP contribution in [0.4, 0.5) is 0 Å². The Bertz CT molecular complexity index is 1130. The average molecular weight is 447 g/mol. The summed E-state index contributed by atoms with van der Waals surface area (Å²) in [6.45, 7) is 3.21. The molecule has 1 spiro atoms. The Morgan fingerprint density at radius 3 is 2.64 bits per heavy atom. The number of nitrogens with zero attached hydrogens (tertiary/aromatic N) is 2. The van der Waals surface area contributed by atoms with Crippen LogP contribution in [0.2, 0.25) is 0 Å². The number of benzene rings is 2. The van der Waals surface area contributed by atoms with E-state index in [1.54, 1.807) is 0 Å². The van der Waals surface area contributed by atoms with Gasteiger partial charge in [0, 0.05) is 43.2 Å². The molecular weight excluding hydrogens is 416 g/mol. The first-order valence-corrected chi connectivity index (χ1v) is 11.3. The third-order valence-electron chi connectivity index (χ3n) is 6.62. The van der Waals surface area contributed by atoms with Crippen molar-refractivity contribution in [2.24, 2.45) is 5.73 Å². The number of nitrogens with two attached hydrogens (primary N) is 1. The van der Waals surface area contributed by atoms with E-state index in [9.17, 15) is 4.79 Å². The van der Waals surface area contributed by atoms with Gasteiger partial charge in [0.2, 0.25) is 0 Å². The van der Waals surface area contributed by atoms with Crippen LogP contribution in [0.3, 0.4) is 0 Å². The molecule has 1 unspecified atom stereocenters. The lowest BCUT2D eigenvalue weighted by Crippen LogP contribution is -2.47. The van der Waals surface area contributed by atoms with Crippen LogP contribution in [0.1, 0.15) is 53.4 Å². The lowest BCUT2D eigenvalue weighted by molar-refractivity contribution is -0.134. The van der Waals surface area contributed by atoms with E-state index in [1.807, 2.05) is 41.4 Å². The second-order valence-electron chi connectivity index (χ2n) is 8.88. The summed E-state index contributed by atoms with van der Waals surface area (Å²) in [4.78, 5) is 24.4. The molecule has 0 saturated carbocycles. The van der Waals surface area contributed by atoms with E-state index in [1.165, 1.54) is 11.3 Å². The predicted molar refractivity (Wildman–Crippen MR) is 127 cm³/mol. The van der Waals surface area contributed by atoms with Crippen molar-refractivity contribution < 1.29 is 14.7 Å². The van der Waals surface area contributed by atoms with Crippen molar-refractivity contribution >= 4 is 11.9 Å². The van der Waals surface area contributed by atoms with Gasteiger partial charge in [-0.3, -0.25) is 14.7 Å². The normalized spacial score (nSPS) is 19.0. The second-order valence-corrected chi connectivity index (χ2v) is 8.88. The number of amides is 1. The fourth-order valence-electron chi connectivity index (χ4n) is 5.02. The maximum absolute atomic E-state index is 13.4. The Morgan fingerprint density at radius 2 is 1.91 bits per heavy atom. The zero-order chi connectivity index (χ0) is 23.4. The molecule has 0 radical (unpaired) electrons. The van der Waals surface area contributed by atoms with Crippen LogP contribution in [0.25, 0.3) is 11.1 Å². The third kappa shape index (κ3) is 4.83. The fraction of sp³-hybridized carbons (Fsp3) is 0.346. The van der Waals surface area contributed by atoms with E-state index in [0.29, 0.717) is 6.54 Å². The molecule has 1 saturated heterocycles. The number of likely N-dealkylation sites (tertiary alicyclic amines) is 1. The zero-order valence-electron chi connectivity index (χ0n) is 18.9. The van der Waals surface area contributed by atoms with Crippen molar-refractivity contribution in [2.75, 3.05) is 13.1 Å². The van der Waals surface area contributed by atoms with Gasteiger partial charge in [0.05, 0.1) is 6.20 Å². The number of carboxylic acids is 1. The van der Waals surface area contributed by atoms with Crippen molar-refractivity contribution in [1.29, 1.82) is 0 Å². The number of aryl methyl sites for hydroxylation is 1. The van der Waals surface area contributed by atoms with Crippen LogP contribution >= 0.6 is 0 Å². The number of fused-ring (bicyclic) bond motifs is 2. The molecule has 1 amide bonds. The van der Waals surface area contributed by atoms with Gasteiger partial charge in [-0.15, -0.1) is 0 Å². The molecule has 2 heterocycles. The summed E-state index contributed by atoms with van der Waals surface area (Å²) in [6.07, 6.45) is 6.27. The number of aliphatic carboxylic acids is 1.